The Morgan fingerprint density at radius 1 is 0.863 bits per heavy atom. The molecule has 3 atom stereocenters. The van der Waals surface area contributed by atoms with Crippen molar-refractivity contribution in [1.82, 2.24) is 14.8 Å². The number of hydrogen-bond donors (Lipinski definition) is 1. The zero-order valence-electron chi connectivity index (χ0n) is 27.6. The van der Waals surface area contributed by atoms with Crippen molar-refractivity contribution in [2.75, 3.05) is 55.9 Å². The number of hydrogen-bond acceptors (Lipinski definition) is 11. The number of carbonyl (C=O) groups is 6. The second-order valence-corrected chi connectivity index (χ2v) is 12.8. The van der Waals surface area contributed by atoms with E-state index in [2.05, 4.69) is 0 Å². The summed E-state index contributed by atoms with van der Waals surface area (Å²) >= 11 is 0. The summed E-state index contributed by atoms with van der Waals surface area (Å²) < 4.78 is 4.05. The number of nitrogens with zero attached hydrogens (tertiary/aromatic N) is 6. The minimum atomic E-state index is -1.67. The number of morpholine rings is 1. The molecule has 262 valence electrons. The first-order chi connectivity index (χ1) is 24.5. The number of quaternary nitrogens is 1. The van der Waals surface area contributed by atoms with Crippen LogP contribution in [0.15, 0.2) is 85.2 Å². The average molecular weight is 695 g/mol. The number of benzene rings is 3. The SMILES string of the molecule is C[C@H](CN(C[C@@H](O)CN1C(=O)c2ccccc2C1=O)c1ccc(N2CCOCC2=O)cc1)N1C=C[N+](C(=O)[O-])(N2C(=O)c3ccccc3C2=O)C1. The lowest BCUT2D eigenvalue weighted by molar-refractivity contribution is -0.917. The van der Waals surface area contributed by atoms with Crippen molar-refractivity contribution < 1.29 is 48.3 Å². The molecule has 1 N–H and O–H groups in total. The summed E-state index contributed by atoms with van der Waals surface area (Å²) in [5.74, 6) is -2.68. The molecule has 1 unspecified atom stereocenters. The summed E-state index contributed by atoms with van der Waals surface area (Å²) in [5.41, 5.74) is 2.02. The largest absolute Gasteiger partial charge is 0.496 e. The zero-order valence-corrected chi connectivity index (χ0v) is 27.6. The van der Waals surface area contributed by atoms with Gasteiger partial charge in [0.25, 0.3) is 23.8 Å². The van der Waals surface area contributed by atoms with Crippen molar-refractivity contribution in [2.24, 2.45) is 0 Å². The third-order valence-electron chi connectivity index (χ3n) is 9.60. The second kappa shape index (κ2) is 13.1. The molecule has 0 aliphatic carbocycles. The van der Waals surface area contributed by atoms with Crippen LogP contribution in [0.5, 0.6) is 0 Å². The number of carbonyl (C=O) groups excluding carboxylic acids is 6. The Hall–Kier alpha value is -5.90. The quantitative estimate of drug-likeness (QED) is 0.237. The number of ether oxygens (including phenoxy) is 1. The highest BCUT2D eigenvalue weighted by Gasteiger charge is 2.54. The van der Waals surface area contributed by atoms with Crippen LogP contribution in [0.1, 0.15) is 48.4 Å². The van der Waals surface area contributed by atoms with Crippen molar-refractivity contribution in [3.05, 3.63) is 107 Å². The molecular formula is C36H34N6O9. The first-order valence-corrected chi connectivity index (χ1v) is 16.4. The highest BCUT2D eigenvalue weighted by Crippen LogP contribution is 2.33. The highest BCUT2D eigenvalue weighted by molar-refractivity contribution is 6.21. The minimum absolute atomic E-state index is 0.0225. The summed E-state index contributed by atoms with van der Waals surface area (Å²) in [6.07, 6.45) is -0.143. The minimum Gasteiger partial charge on any atom is -0.496 e. The number of fused-ring (bicyclic) bond motifs is 2. The first kappa shape index (κ1) is 33.6. The van der Waals surface area contributed by atoms with E-state index >= 15 is 0 Å². The van der Waals surface area contributed by atoms with Crippen molar-refractivity contribution in [1.29, 1.82) is 0 Å². The van der Waals surface area contributed by atoms with Crippen LogP contribution in [0.2, 0.25) is 0 Å². The van der Waals surface area contributed by atoms with E-state index in [1.54, 1.807) is 70.5 Å². The normalized spacial score (nSPS) is 21.0. The number of aliphatic hydroxyl groups excluding tert-OH is 1. The van der Waals surface area contributed by atoms with Crippen LogP contribution in [-0.4, -0.2) is 118 Å². The Morgan fingerprint density at radius 2 is 1.43 bits per heavy atom. The molecule has 0 spiro atoms. The topological polar surface area (TPSA) is 171 Å². The third-order valence-corrected chi connectivity index (χ3v) is 9.60. The summed E-state index contributed by atoms with van der Waals surface area (Å²) in [6, 6.07) is 19.2. The molecule has 1 fully saturated rings. The fraction of sp³-hybridized carbons (Fsp3) is 0.278. The number of β-amino-alcohol motifs (C(OH)–C–C–N with tert-alkyl or cyclic N) is 1. The van der Waals surface area contributed by atoms with Gasteiger partial charge in [-0.3, -0.25) is 28.9 Å². The maximum Gasteiger partial charge on any atom is 0.309 e. The highest BCUT2D eigenvalue weighted by atomic mass is 16.5. The van der Waals surface area contributed by atoms with Crippen LogP contribution in [0.4, 0.5) is 16.2 Å². The predicted octanol–water partition coefficient (Wildman–Crippen LogP) is 1.02. The van der Waals surface area contributed by atoms with Gasteiger partial charge in [-0.1, -0.05) is 29.3 Å². The maximum absolute atomic E-state index is 13.3. The molecule has 0 aromatic heterocycles. The van der Waals surface area contributed by atoms with Gasteiger partial charge in [-0.25, -0.2) is 0 Å². The Balaban J connectivity index is 1.11. The molecule has 4 heterocycles. The number of rotatable bonds is 10. The van der Waals surface area contributed by atoms with Crippen molar-refractivity contribution in [3.63, 3.8) is 0 Å². The molecule has 1 saturated heterocycles. The van der Waals surface area contributed by atoms with Crippen LogP contribution >= 0.6 is 0 Å². The summed E-state index contributed by atoms with van der Waals surface area (Å²) in [4.78, 5) is 83.9. The molecule has 0 saturated carbocycles. The van der Waals surface area contributed by atoms with Crippen molar-refractivity contribution >= 4 is 47.0 Å². The van der Waals surface area contributed by atoms with E-state index in [0.29, 0.717) is 29.5 Å². The van der Waals surface area contributed by atoms with Gasteiger partial charge in [0.05, 0.1) is 47.7 Å². The Bertz CT molecular complexity index is 1910. The van der Waals surface area contributed by atoms with E-state index in [4.69, 9.17) is 4.74 Å². The number of carboxylic acid groups (broad SMARTS) is 1. The number of aliphatic hydroxyl groups is 1. The van der Waals surface area contributed by atoms with Gasteiger partial charge in [-0.05, 0) is 55.5 Å². The van der Waals surface area contributed by atoms with Gasteiger partial charge in [0.2, 0.25) is 0 Å². The third kappa shape index (κ3) is 5.80. The Morgan fingerprint density at radius 3 is 1.98 bits per heavy atom. The summed E-state index contributed by atoms with van der Waals surface area (Å²) in [7, 11) is 0. The summed E-state index contributed by atoms with van der Waals surface area (Å²) in [6.45, 7) is 2.13. The molecule has 6 amide bonds. The number of anilines is 2. The lowest BCUT2D eigenvalue weighted by Gasteiger charge is -2.38. The van der Waals surface area contributed by atoms with E-state index in [1.165, 1.54) is 24.5 Å². The van der Waals surface area contributed by atoms with Gasteiger partial charge in [0.15, 0.2) is 6.67 Å². The van der Waals surface area contributed by atoms with Gasteiger partial charge < -0.3 is 34.4 Å². The van der Waals surface area contributed by atoms with E-state index in [0.717, 1.165) is 4.90 Å². The molecule has 15 nitrogen and oxygen atoms in total. The fourth-order valence-corrected chi connectivity index (χ4v) is 6.93. The van der Waals surface area contributed by atoms with Crippen molar-refractivity contribution in [2.45, 2.75) is 19.1 Å². The molecule has 7 rings (SSSR count). The van der Waals surface area contributed by atoms with E-state index in [1.807, 2.05) is 11.8 Å². The standard InChI is InChI=1S/C36H34N6O9/c1-23(37-14-16-42(22-37,36(49)50)41-34(47)29-8-4-5-9-30(29)35(41)48)18-38(24-10-12-25(13-11-24)39-15-17-51-21-31(39)44)19-26(43)20-40-32(45)27-6-2-3-7-28(27)33(40)46/h2-14,16,23,26,43H,15,17-22H2,1H3/t23-,26-,42?/m1/s1. The van der Waals surface area contributed by atoms with E-state index < -0.39 is 46.5 Å². The van der Waals surface area contributed by atoms with Crippen LogP contribution in [-0.2, 0) is 9.53 Å². The molecule has 4 aliphatic rings. The Labute approximate surface area is 292 Å². The molecule has 51 heavy (non-hydrogen) atoms. The lowest BCUT2D eigenvalue weighted by Crippen LogP contribution is -2.67. The molecule has 4 aliphatic heterocycles. The lowest BCUT2D eigenvalue weighted by atomic mass is 10.1. The van der Waals surface area contributed by atoms with Gasteiger partial charge in [-0.15, -0.1) is 4.59 Å². The molecule has 0 bridgehead atoms. The van der Waals surface area contributed by atoms with E-state index in [9.17, 15) is 39.0 Å². The molecule has 3 aromatic rings. The average Bonchev–Trinajstić information content (AvgIpc) is 3.77. The molecule has 0 radical (unpaired) electrons. The fourth-order valence-electron chi connectivity index (χ4n) is 6.93. The van der Waals surface area contributed by atoms with Crippen LogP contribution in [0.25, 0.3) is 0 Å². The maximum atomic E-state index is 13.3. The van der Waals surface area contributed by atoms with Gasteiger partial charge >= 0.3 is 11.8 Å². The van der Waals surface area contributed by atoms with Crippen LogP contribution in [0.3, 0.4) is 0 Å². The molecule has 15 heteroatoms. The number of imide groups is 2. The van der Waals surface area contributed by atoms with Gasteiger partial charge in [-0.2, -0.15) is 0 Å². The van der Waals surface area contributed by atoms with Gasteiger partial charge in [0, 0.05) is 37.1 Å². The van der Waals surface area contributed by atoms with Crippen LogP contribution < -0.4 is 14.9 Å². The smallest absolute Gasteiger partial charge is 0.309 e. The van der Waals surface area contributed by atoms with Gasteiger partial charge in [0.1, 0.15) is 12.8 Å². The Kier molecular flexibility index (Phi) is 8.62. The molecule has 3 aromatic carbocycles. The first-order valence-electron chi connectivity index (χ1n) is 16.4. The van der Waals surface area contributed by atoms with Crippen LogP contribution in [0, 0.1) is 0 Å². The second-order valence-electron chi connectivity index (χ2n) is 12.8. The molecular weight excluding hydrogens is 660 g/mol. The van der Waals surface area contributed by atoms with E-state index in [-0.39, 0.29) is 61.1 Å². The zero-order chi connectivity index (χ0) is 36.0. The predicted molar refractivity (Wildman–Crippen MR) is 178 cm³/mol. The van der Waals surface area contributed by atoms with Crippen molar-refractivity contribution in [3.8, 4) is 0 Å². The monoisotopic (exact) mass is 694 g/mol. The summed E-state index contributed by atoms with van der Waals surface area (Å²) in [5, 5.41) is 24.7. The number of amides is 6.